The number of benzene rings is 2. The highest BCUT2D eigenvalue weighted by atomic mass is 16.6. The minimum atomic E-state index is -0.365. The largest absolute Gasteiger partial charge is 0.458 e. The molecule has 0 spiro atoms. The summed E-state index contributed by atoms with van der Waals surface area (Å²) in [5.74, 6) is 7.04. The molecular weight excluding hydrogens is 953 g/mol. The first-order valence-electron chi connectivity index (χ1n) is 31.5. The Labute approximate surface area is 466 Å². The predicted octanol–water partition coefficient (Wildman–Crippen LogP) is 17.0. The molecule has 8 aliphatic carbocycles. The van der Waals surface area contributed by atoms with Crippen molar-refractivity contribution < 1.29 is 33.7 Å². The Balaban J connectivity index is 0.000000188. The number of rotatable bonds is 15. The first kappa shape index (κ1) is 58.0. The monoisotopic (exact) mass is 1050 g/mol. The molecule has 0 heterocycles. The van der Waals surface area contributed by atoms with E-state index in [4.69, 9.17) is 14.2 Å². The molecule has 10 rings (SSSR count). The highest BCUT2D eigenvalue weighted by Gasteiger charge is 2.63. The number of hydrogen-bond donors (Lipinski definition) is 1. The Morgan fingerprint density at radius 3 is 1.39 bits per heavy atom. The molecule has 0 aromatic heterocycles. The number of hydrogen-bond acceptors (Lipinski definition) is 7. The van der Waals surface area contributed by atoms with E-state index in [0.717, 1.165) is 74.0 Å². The van der Waals surface area contributed by atoms with Crippen molar-refractivity contribution in [2.75, 3.05) is 0 Å². The van der Waals surface area contributed by atoms with Crippen LogP contribution in [0.25, 0.3) is 0 Å². The van der Waals surface area contributed by atoms with E-state index in [9.17, 15) is 19.5 Å². The fraction of sp³-hybridized carbons (Fsp3) is 0.729. The lowest BCUT2D eigenvalue weighted by Gasteiger charge is -2.59. The van der Waals surface area contributed by atoms with Crippen LogP contribution in [0.3, 0.4) is 0 Å². The number of carbonyl (C=O) groups is 3. The van der Waals surface area contributed by atoms with Crippen LogP contribution < -0.4 is 0 Å². The van der Waals surface area contributed by atoms with E-state index in [-0.39, 0.29) is 53.2 Å². The van der Waals surface area contributed by atoms with Crippen molar-refractivity contribution in [2.24, 2.45) is 92.7 Å². The normalized spacial score (nSPS) is 38.6. The van der Waals surface area contributed by atoms with Gasteiger partial charge in [0.2, 0.25) is 0 Å². The van der Waals surface area contributed by atoms with E-state index in [0.29, 0.717) is 57.5 Å². The van der Waals surface area contributed by atoms with Crippen molar-refractivity contribution in [3.05, 3.63) is 95.1 Å². The fourth-order valence-electron chi connectivity index (χ4n) is 19.3. The highest BCUT2D eigenvalue weighted by molar-refractivity contribution is 5.90. The SMILES string of the molecule is CC(=O)OC1C=C2CC(OC(=O)c3ccccc3)CCC2(C)C2CCC3(C)C(C(C)CCCC(C)C)CCC3C12.CC(C)CCCC(C)C1CCC2C3C(O)C=C4CC(OC(=O)c5ccccc5)CCC4(C)C3CCC12C. The van der Waals surface area contributed by atoms with Crippen molar-refractivity contribution in [3.8, 4) is 0 Å². The Morgan fingerprint density at radius 2 is 0.948 bits per heavy atom. The highest BCUT2D eigenvalue weighted by Crippen LogP contribution is 2.69. The van der Waals surface area contributed by atoms with Crippen LogP contribution in [-0.2, 0) is 19.0 Å². The van der Waals surface area contributed by atoms with E-state index < -0.39 is 0 Å². The van der Waals surface area contributed by atoms with Crippen LogP contribution in [0.5, 0.6) is 0 Å². The van der Waals surface area contributed by atoms with Gasteiger partial charge in [-0.05, 0) is 194 Å². The van der Waals surface area contributed by atoms with Gasteiger partial charge in [0, 0.05) is 25.7 Å². The van der Waals surface area contributed by atoms with Crippen LogP contribution in [0.4, 0.5) is 0 Å². The van der Waals surface area contributed by atoms with E-state index in [1.807, 2.05) is 60.7 Å². The Bertz CT molecular complexity index is 2410. The second-order valence-corrected chi connectivity index (χ2v) is 28.7. The van der Waals surface area contributed by atoms with Gasteiger partial charge in [-0.25, -0.2) is 9.59 Å². The van der Waals surface area contributed by atoms with Gasteiger partial charge in [0.15, 0.2) is 0 Å². The zero-order chi connectivity index (χ0) is 55.0. The van der Waals surface area contributed by atoms with Crippen LogP contribution in [0.15, 0.2) is 84.0 Å². The van der Waals surface area contributed by atoms with E-state index in [2.05, 4.69) is 81.4 Å². The molecule has 6 saturated carbocycles. The number of carbonyl (C=O) groups excluding carboxylic acids is 3. The van der Waals surface area contributed by atoms with Crippen molar-refractivity contribution >= 4 is 17.9 Å². The third-order valence-corrected chi connectivity index (χ3v) is 23.4. The molecule has 0 amide bonds. The average Bonchev–Trinajstić information content (AvgIpc) is 4.16. The number of aliphatic hydroxyl groups is 1. The zero-order valence-electron chi connectivity index (χ0n) is 49.7. The minimum absolute atomic E-state index is 0.0826. The molecule has 77 heavy (non-hydrogen) atoms. The summed E-state index contributed by atoms with van der Waals surface area (Å²) < 4.78 is 18.1. The molecule has 424 valence electrons. The Hall–Kier alpha value is -3.71. The molecule has 2 aromatic rings. The summed E-state index contributed by atoms with van der Waals surface area (Å²) in [4.78, 5) is 37.9. The summed E-state index contributed by atoms with van der Waals surface area (Å²) >= 11 is 0. The summed E-state index contributed by atoms with van der Waals surface area (Å²) in [5, 5.41) is 11.6. The number of esters is 3. The molecule has 8 aliphatic rings. The smallest absolute Gasteiger partial charge is 0.338 e. The second kappa shape index (κ2) is 23.8. The fourth-order valence-corrected chi connectivity index (χ4v) is 19.3. The van der Waals surface area contributed by atoms with Crippen LogP contribution in [0.1, 0.15) is 225 Å². The van der Waals surface area contributed by atoms with Gasteiger partial charge in [-0.1, -0.05) is 161 Å². The second-order valence-electron chi connectivity index (χ2n) is 28.7. The first-order valence-corrected chi connectivity index (χ1v) is 31.5. The molecule has 6 fully saturated rings. The van der Waals surface area contributed by atoms with Gasteiger partial charge >= 0.3 is 17.9 Å². The summed E-state index contributed by atoms with van der Waals surface area (Å²) in [6.07, 6.45) is 27.4. The molecule has 2 aromatic carbocycles. The Morgan fingerprint density at radius 1 is 0.519 bits per heavy atom. The summed E-state index contributed by atoms with van der Waals surface area (Å²) in [6.45, 7) is 26.0. The maximum Gasteiger partial charge on any atom is 0.338 e. The Kier molecular flexibility index (Phi) is 17.9. The van der Waals surface area contributed by atoms with Crippen molar-refractivity contribution in [2.45, 2.75) is 229 Å². The van der Waals surface area contributed by atoms with E-state index in [1.165, 1.54) is 101 Å². The number of aliphatic hydroxyl groups excluding tert-OH is 1. The molecule has 7 heteroatoms. The molecule has 18 unspecified atom stereocenters. The lowest BCUT2D eigenvalue weighted by molar-refractivity contribution is -0.158. The van der Waals surface area contributed by atoms with Gasteiger partial charge in [-0.15, -0.1) is 0 Å². The molecule has 0 radical (unpaired) electrons. The molecule has 0 bridgehead atoms. The molecule has 0 aliphatic heterocycles. The maximum atomic E-state index is 12.8. The van der Waals surface area contributed by atoms with Crippen molar-refractivity contribution in [1.29, 1.82) is 0 Å². The van der Waals surface area contributed by atoms with Crippen LogP contribution >= 0.6 is 0 Å². The van der Waals surface area contributed by atoms with Crippen LogP contribution in [0.2, 0.25) is 0 Å². The lowest BCUT2D eigenvalue weighted by atomic mass is 9.46. The van der Waals surface area contributed by atoms with Gasteiger partial charge in [-0.3, -0.25) is 4.79 Å². The van der Waals surface area contributed by atoms with Crippen LogP contribution in [0, 0.1) is 92.7 Å². The predicted molar refractivity (Wildman–Crippen MR) is 310 cm³/mol. The van der Waals surface area contributed by atoms with Gasteiger partial charge in [0.1, 0.15) is 18.3 Å². The molecule has 7 nitrogen and oxygen atoms in total. The standard InChI is InChI=1S/C36H52O4.C34H50O3/c1-23(2)11-10-12-24(3)29-15-16-30-33-31(18-20-36(29,30)6)35(5)19-17-28(21-27(35)22-32(33)39-25(4)37)40-34(38)26-13-8-7-9-14-26;1-22(2)10-9-11-23(3)27-14-15-28-31-29(17-19-34(27,28)5)33(4)18-16-26(20-25(33)21-30(31)35)37-32(36)24-12-7-6-8-13-24/h7-9,13-14,22-24,28-33H,10-12,15-21H2,1-6H3;6-8,12-13,21-23,26-31,35H,9-11,14-20H2,1-5H3. The summed E-state index contributed by atoms with van der Waals surface area (Å²) in [7, 11) is 0. The van der Waals surface area contributed by atoms with Gasteiger partial charge < -0.3 is 19.3 Å². The van der Waals surface area contributed by atoms with Crippen molar-refractivity contribution in [1.82, 2.24) is 0 Å². The van der Waals surface area contributed by atoms with Gasteiger partial charge in [0.25, 0.3) is 0 Å². The van der Waals surface area contributed by atoms with Gasteiger partial charge in [-0.2, -0.15) is 0 Å². The van der Waals surface area contributed by atoms with Crippen LogP contribution in [-0.4, -0.2) is 47.4 Å². The third kappa shape index (κ3) is 11.8. The molecule has 1 N–H and O–H groups in total. The topological polar surface area (TPSA) is 99.1 Å². The average molecular weight is 1060 g/mol. The lowest BCUT2D eigenvalue weighted by Crippen LogP contribution is -2.55. The van der Waals surface area contributed by atoms with E-state index >= 15 is 0 Å². The first-order chi connectivity index (χ1) is 36.7. The minimum Gasteiger partial charge on any atom is -0.458 e. The van der Waals surface area contributed by atoms with Gasteiger partial charge in [0.05, 0.1) is 17.2 Å². The quantitative estimate of drug-likeness (QED) is 0.108. The number of ether oxygens (including phenoxy) is 3. The third-order valence-electron chi connectivity index (χ3n) is 23.4. The molecule has 18 atom stereocenters. The van der Waals surface area contributed by atoms with E-state index in [1.54, 1.807) is 6.92 Å². The summed E-state index contributed by atoms with van der Waals surface area (Å²) in [5.41, 5.74) is 4.81. The summed E-state index contributed by atoms with van der Waals surface area (Å²) in [6, 6.07) is 18.6. The molecular formula is C70H102O7. The zero-order valence-corrected chi connectivity index (χ0v) is 49.7. The maximum absolute atomic E-state index is 12.8. The number of fused-ring (bicyclic) bond motifs is 10. The molecule has 0 saturated heterocycles. The van der Waals surface area contributed by atoms with Crippen molar-refractivity contribution in [3.63, 3.8) is 0 Å².